The van der Waals surface area contributed by atoms with Crippen LogP contribution in [-0.4, -0.2) is 56.2 Å². The van der Waals surface area contributed by atoms with Gasteiger partial charge in [-0.05, 0) is 84.5 Å². The van der Waals surface area contributed by atoms with Crippen LogP contribution in [0.5, 0.6) is 17.2 Å². The average Bonchev–Trinajstić information content (AvgIpc) is 3.18. The first-order valence-corrected chi connectivity index (χ1v) is 18.8. The van der Waals surface area contributed by atoms with Crippen LogP contribution >= 0.6 is 0 Å². The topological polar surface area (TPSA) is 101 Å². The Hall–Kier alpha value is -5.08. The standard InChI is InChI=1S/C46H56O8/c1-8-10-35(31-43(48)54-33(3)32-53-42-25-19-39(20-26-42)45(4,5)36-13-11-34(9-2)12-14-36)44(49)52-30-29-51-41-23-17-38(18-24-41)46(6,7)37-15-21-40(22-16-37)50-28-27-47/h8,10-26,33,35,47H,9,27-32H2,1-7H3/b10-8+. The maximum absolute atomic E-state index is 12.9. The third-order valence-electron chi connectivity index (χ3n) is 9.70. The highest BCUT2D eigenvalue weighted by atomic mass is 16.6. The van der Waals surface area contributed by atoms with Crippen molar-refractivity contribution in [1.82, 2.24) is 0 Å². The number of carbonyl (C=O) groups excluding carboxylic acids is 2. The Kier molecular flexibility index (Phi) is 15.3. The van der Waals surface area contributed by atoms with Crippen LogP contribution < -0.4 is 14.2 Å². The highest BCUT2D eigenvalue weighted by molar-refractivity contribution is 5.81. The molecule has 0 aromatic heterocycles. The van der Waals surface area contributed by atoms with Gasteiger partial charge in [0.15, 0.2) is 0 Å². The van der Waals surface area contributed by atoms with Gasteiger partial charge in [0.05, 0.1) is 18.9 Å². The maximum Gasteiger partial charge on any atom is 0.313 e. The second-order valence-electron chi connectivity index (χ2n) is 14.4. The van der Waals surface area contributed by atoms with Crippen LogP contribution in [0.1, 0.15) is 82.7 Å². The number of esters is 2. The van der Waals surface area contributed by atoms with Crippen LogP contribution in [0.4, 0.5) is 0 Å². The molecule has 0 heterocycles. The summed E-state index contributed by atoms with van der Waals surface area (Å²) in [4.78, 5) is 25.7. The summed E-state index contributed by atoms with van der Waals surface area (Å²) < 4.78 is 28.3. The van der Waals surface area contributed by atoms with Crippen molar-refractivity contribution in [2.24, 2.45) is 5.92 Å². The van der Waals surface area contributed by atoms with E-state index in [4.69, 9.17) is 28.8 Å². The molecule has 288 valence electrons. The van der Waals surface area contributed by atoms with E-state index < -0.39 is 24.0 Å². The van der Waals surface area contributed by atoms with E-state index in [1.54, 1.807) is 26.0 Å². The molecule has 0 saturated heterocycles. The second kappa shape index (κ2) is 19.8. The number of carbonyl (C=O) groups is 2. The number of allylic oxidation sites excluding steroid dienone is 1. The zero-order valence-electron chi connectivity index (χ0n) is 32.8. The zero-order chi connectivity index (χ0) is 39.1. The van der Waals surface area contributed by atoms with E-state index in [1.807, 2.05) is 60.7 Å². The lowest BCUT2D eigenvalue weighted by Gasteiger charge is -2.26. The Morgan fingerprint density at radius 2 is 1.11 bits per heavy atom. The van der Waals surface area contributed by atoms with Gasteiger partial charge in [-0.3, -0.25) is 9.59 Å². The van der Waals surface area contributed by atoms with Gasteiger partial charge in [-0.1, -0.05) is 107 Å². The van der Waals surface area contributed by atoms with Gasteiger partial charge in [0.2, 0.25) is 0 Å². The molecule has 0 fully saturated rings. The van der Waals surface area contributed by atoms with Gasteiger partial charge < -0.3 is 28.8 Å². The maximum atomic E-state index is 12.9. The predicted molar refractivity (Wildman–Crippen MR) is 212 cm³/mol. The monoisotopic (exact) mass is 736 g/mol. The van der Waals surface area contributed by atoms with E-state index in [1.165, 1.54) is 16.7 Å². The van der Waals surface area contributed by atoms with E-state index in [9.17, 15) is 9.59 Å². The SMILES string of the molecule is C/C=C/C(CC(=O)OC(C)COc1ccc(C(C)(C)c2ccc(CC)cc2)cc1)C(=O)OCCOc1ccc(C(C)(C)c2ccc(OCCO)cc2)cc1. The molecule has 8 heteroatoms. The molecule has 4 aromatic carbocycles. The molecule has 0 aliphatic carbocycles. The molecule has 0 aliphatic rings. The number of ether oxygens (including phenoxy) is 5. The fourth-order valence-corrected chi connectivity index (χ4v) is 6.13. The average molecular weight is 737 g/mol. The van der Waals surface area contributed by atoms with Crippen LogP contribution in [-0.2, 0) is 36.3 Å². The Labute approximate surface area is 321 Å². The van der Waals surface area contributed by atoms with E-state index >= 15 is 0 Å². The van der Waals surface area contributed by atoms with Gasteiger partial charge >= 0.3 is 11.9 Å². The molecule has 0 bridgehead atoms. The molecule has 0 saturated carbocycles. The summed E-state index contributed by atoms with van der Waals surface area (Å²) in [6.07, 6.45) is 3.71. The molecule has 4 aromatic rings. The Balaban J connectivity index is 1.18. The van der Waals surface area contributed by atoms with Crippen molar-refractivity contribution >= 4 is 11.9 Å². The molecular formula is C46H56O8. The Bertz CT molecular complexity index is 1770. The van der Waals surface area contributed by atoms with Crippen molar-refractivity contribution in [3.63, 3.8) is 0 Å². The van der Waals surface area contributed by atoms with E-state index in [2.05, 4.69) is 71.0 Å². The van der Waals surface area contributed by atoms with E-state index in [0.29, 0.717) is 17.2 Å². The van der Waals surface area contributed by atoms with Gasteiger partial charge in [-0.2, -0.15) is 0 Å². The lowest BCUT2D eigenvalue weighted by Crippen LogP contribution is -2.26. The van der Waals surface area contributed by atoms with Crippen molar-refractivity contribution in [2.45, 2.75) is 78.2 Å². The summed E-state index contributed by atoms with van der Waals surface area (Å²) in [5.41, 5.74) is 5.54. The normalized spacial score (nSPS) is 12.9. The fourth-order valence-electron chi connectivity index (χ4n) is 6.13. The smallest absolute Gasteiger partial charge is 0.313 e. The molecule has 2 atom stereocenters. The number of aryl methyl sites for hydroxylation is 1. The summed E-state index contributed by atoms with van der Waals surface area (Å²) in [6.45, 7) is 15.0. The first-order valence-electron chi connectivity index (χ1n) is 18.8. The van der Waals surface area contributed by atoms with E-state index in [0.717, 1.165) is 17.5 Å². The molecule has 4 rings (SSSR count). The summed E-state index contributed by atoms with van der Waals surface area (Å²) in [5.74, 6) is 0.244. The van der Waals surface area contributed by atoms with E-state index in [-0.39, 0.29) is 50.3 Å². The number of aliphatic hydroxyl groups is 1. The molecule has 8 nitrogen and oxygen atoms in total. The summed E-state index contributed by atoms with van der Waals surface area (Å²) in [6, 6.07) is 32.4. The van der Waals surface area contributed by atoms with Crippen molar-refractivity contribution < 1.29 is 38.4 Å². The first kappa shape index (κ1) is 41.7. The third-order valence-corrected chi connectivity index (χ3v) is 9.70. The molecule has 2 unspecified atom stereocenters. The van der Waals surface area contributed by atoms with Crippen LogP contribution in [0, 0.1) is 5.92 Å². The van der Waals surface area contributed by atoms with Crippen molar-refractivity contribution in [3.8, 4) is 17.2 Å². The lowest BCUT2D eigenvalue weighted by atomic mass is 9.78. The largest absolute Gasteiger partial charge is 0.491 e. The van der Waals surface area contributed by atoms with Gasteiger partial charge in [0.25, 0.3) is 0 Å². The number of aliphatic hydroxyl groups excluding tert-OH is 1. The minimum atomic E-state index is -0.776. The number of benzene rings is 4. The van der Waals surface area contributed by atoms with Crippen molar-refractivity contribution in [3.05, 3.63) is 137 Å². The molecule has 0 radical (unpaired) electrons. The summed E-state index contributed by atoms with van der Waals surface area (Å²) >= 11 is 0. The molecular weight excluding hydrogens is 680 g/mol. The van der Waals surface area contributed by atoms with Crippen LogP contribution in [0.25, 0.3) is 0 Å². The van der Waals surface area contributed by atoms with Crippen LogP contribution in [0.15, 0.2) is 109 Å². The number of hydrogen-bond acceptors (Lipinski definition) is 8. The van der Waals surface area contributed by atoms with Gasteiger partial charge in [-0.15, -0.1) is 0 Å². The zero-order valence-corrected chi connectivity index (χ0v) is 32.8. The van der Waals surface area contributed by atoms with Gasteiger partial charge in [-0.25, -0.2) is 0 Å². The third kappa shape index (κ3) is 11.7. The molecule has 0 spiro atoms. The molecule has 54 heavy (non-hydrogen) atoms. The minimum Gasteiger partial charge on any atom is -0.491 e. The number of rotatable bonds is 20. The lowest BCUT2D eigenvalue weighted by molar-refractivity contribution is -0.157. The quantitative estimate of drug-likeness (QED) is 0.0546. The van der Waals surface area contributed by atoms with Crippen molar-refractivity contribution in [1.29, 1.82) is 0 Å². The number of hydrogen-bond donors (Lipinski definition) is 1. The first-order chi connectivity index (χ1) is 25.9. The highest BCUT2D eigenvalue weighted by Crippen LogP contribution is 2.34. The van der Waals surface area contributed by atoms with Gasteiger partial charge in [0.1, 0.15) is 49.8 Å². The summed E-state index contributed by atoms with van der Waals surface area (Å²) in [5, 5.41) is 8.98. The van der Waals surface area contributed by atoms with Crippen LogP contribution in [0.3, 0.4) is 0 Å². The molecule has 0 aliphatic heterocycles. The molecule has 0 amide bonds. The van der Waals surface area contributed by atoms with Gasteiger partial charge in [0, 0.05) is 10.8 Å². The summed E-state index contributed by atoms with van der Waals surface area (Å²) in [7, 11) is 0. The fraction of sp³-hybridized carbons (Fsp3) is 0.391. The minimum absolute atomic E-state index is 0.0276. The Morgan fingerprint density at radius 1 is 0.667 bits per heavy atom. The van der Waals surface area contributed by atoms with Crippen LogP contribution in [0.2, 0.25) is 0 Å². The second-order valence-corrected chi connectivity index (χ2v) is 14.4. The highest BCUT2D eigenvalue weighted by Gasteiger charge is 2.25. The predicted octanol–water partition coefficient (Wildman–Crippen LogP) is 8.79. The van der Waals surface area contributed by atoms with Crippen molar-refractivity contribution in [2.75, 3.05) is 33.0 Å². The Morgan fingerprint density at radius 3 is 1.56 bits per heavy atom. The molecule has 1 N–H and O–H groups in total.